The molecule has 4 saturated carbocycles. The predicted molar refractivity (Wildman–Crippen MR) is 92.5 cm³/mol. The third-order valence-corrected chi connectivity index (χ3v) is 9.27. The van der Waals surface area contributed by atoms with Crippen LogP contribution < -0.4 is 0 Å². The molecule has 1 heterocycles. The van der Waals surface area contributed by atoms with E-state index < -0.39 is 0 Å². The van der Waals surface area contributed by atoms with Gasteiger partial charge in [0.05, 0.1) is 6.04 Å². The summed E-state index contributed by atoms with van der Waals surface area (Å²) in [5, 5.41) is 0. The molecule has 5 rings (SSSR count). The minimum absolute atomic E-state index is 0.456. The number of Topliss-reactive ketones (excluding diaryl/α,β-unsaturated/α-hetero) is 1. The van der Waals surface area contributed by atoms with Crippen LogP contribution in [0.5, 0.6) is 0 Å². The molecule has 8 atom stereocenters. The van der Waals surface area contributed by atoms with Gasteiger partial charge in [-0.3, -0.25) is 9.79 Å². The monoisotopic (exact) mass is 313 g/mol. The first kappa shape index (κ1) is 14.7. The van der Waals surface area contributed by atoms with Crippen molar-refractivity contribution in [1.29, 1.82) is 0 Å². The lowest BCUT2D eigenvalue weighted by molar-refractivity contribution is -0.136. The molecule has 2 nitrogen and oxygen atoms in total. The number of carbonyl (C=O) groups excluding carboxylic acids is 1. The van der Waals surface area contributed by atoms with Gasteiger partial charge in [0.25, 0.3) is 0 Å². The highest BCUT2D eigenvalue weighted by Gasteiger charge is 2.63. The second-order valence-electron chi connectivity index (χ2n) is 9.75. The Morgan fingerprint density at radius 2 is 1.87 bits per heavy atom. The van der Waals surface area contributed by atoms with E-state index >= 15 is 0 Å². The van der Waals surface area contributed by atoms with E-state index in [0.29, 0.717) is 28.6 Å². The van der Waals surface area contributed by atoms with Crippen LogP contribution in [-0.4, -0.2) is 18.0 Å². The largest absolute Gasteiger partial charge is 0.300 e. The minimum Gasteiger partial charge on any atom is -0.300 e. The van der Waals surface area contributed by atoms with Gasteiger partial charge in [-0.2, -0.15) is 0 Å². The Kier molecular flexibility index (Phi) is 3.00. The molecule has 23 heavy (non-hydrogen) atoms. The van der Waals surface area contributed by atoms with Crippen molar-refractivity contribution in [3.63, 3.8) is 0 Å². The maximum Gasteiger partial charge on any atom is 0.133 e. The molecular formula is C21H31NO. The molecule has 0 N–H and O–H groups in total. The van der Waals surface area contributed by atoms with Gasteiger partial charge >= 0.3 is 0 Å². The smallest absolute Gasteiger partial charge is 0.133 e. The average molecular weight is 313 g/mol. The van der Waals surface area contributed by atoms with Crippen LogP contribution in [0.25, 0.3) is 0 Å². The molecule has 5 aliphatic rings. The highest BCUT2D eigenvalue weighted by molar-refractivity contribution is 5.79. The fourth-order valence-corrected chi connectivity index (χ4v) is 8.12. The van der Waals surface area contributed by atoms with Crippen molar-refractivity contribution in [1.82, 2.24) is 0 Å². The Labute approximate surface area is 140 Å². The molecule has 0 aromatic carbocycles. The number of nitrogens with zero attached hydrogens (tertiary/aromatic N) is 1. The summed E-state index contributed by atoms with van der Waals surface area (Å²) < 4.78 is 0. The summed E-state index contributed by atoms with van der Waals surface area (Å²) in [6.45, 7) is 4.89. The van der Waals surface area contributed by atoms with Gasteiger partial charge < -0.3 is 0 Å². The Morgan fingerprint density at radius 3 is 2.74 bits per heavy atom. The van der Waals surface area contributed by atoms with E-state index in [9.17, 15) is 4.79 Å². The zero-order valence-corrected chi connectivity index (χ0v) is 14.8. The second kappa shape index (κ2) is 4.70. The van der Waals surface area contributed by atoms with Crippen LogP contribution >= 0.6 is 0 Å². The van der Waals surface area contributed by atoms with Gasteiger partial charge in [0.2, 0.25) is 0 Å². The standard InChI is InChI=1S/C21H31NO/c1-13-17-5-6-19-16-4-3-14-11-15(23)7-9-20(14,2)18(16)8-10-21(17,19)12-22-13/h12-14,16-19H,3-11H2,1-2H3/t13-,14+,16+,17-,18-,19+,20+,21+/m1/s1. The Morgan fingerprint density at radius 1 is 1.04 bits per heavy atom. The van der Waals surface area contributed by atoms with Crippen molar-refractivity contribution in [2.24, 2.45) is 45.4 Å². The van der Waals surface area contributed by atoms with Crippen molar-refractivity contribution < 1.29 is 4.79 Å². The molecule has 4 aliphatic carbocycles. The molecule has 0 amide bonds. The summed E-state index contributed by atoms with van der Waals surface area (Å²) in [7, 11) is 0. The van der Waals surface area contributed by atoms with Gasteiger partial charge in [0, 0.05) is 24.5 Å². The van der Waals surface area contributed by atoms with Crippen molar-refractivity contribution in [2.45, 2.75) is 77.7 Å². The Balaban J connectivity index is 1.48. The normalized spacial score (nSPS) is 57.6. The van der Waals surface area contributed by atoms with E-state index in [1.807, 2.05) is 0 Å². The van der Waals surface area contributed by atoms with E-state index in [4.69, 9.17) is 4.99 Å². The predicted octanol–water partition coefficient (Wildman–Crippen LogP) is 4.67. The lowest BCUT2D eigenvalue weighted by atomic mass is 9.45. The molecule has 0 radical (unpaired) electrons. The first-order valence-electron chi connectivity index (χ1n) is 10.1. The summed E-state index contributed by atoms with van der Waals surface area (Å²) in [4.78, 5) is 16.8. The van der Waals surface area contributed by atoms with Crippen LogP contribution in [0.2, 0.25) is 0 Å². The van der Waals surface area contributed by atoms with E-state index in [1.54, 1.807) is 0 Å². The number of rotatable bonds is 0. The van der Waals surface area contributed by atoms with Crippen molar-refractivity contribution in [3.05, 3.63) is 0 Å². The summed E-state index contributed by atoms with van der Waals surface area (Å²) in [6, 6.07) is 0.566. The Hall–Kier alpha value is -0.660. The number of ketones is 1. The van der Waals surface area contributed by atoms with Crippen LogP contribution in [-0.2, 0) is 4.79 Å². The SMILES string of the molecule is C[C@H]1N=C[C@]23CC[C@@H]4[C@H](CC[C@H]5CC(=O)CC[C@@]54C)[C@@H]2CC[C@H]13. The van der Waals surface area contributed by atoms with Gasteiger partial charge in [-0.1, -0.05) is 6.92 Å². The topological polar surface area (TPSA) is 29.4 Å². The lowest BCUT2D eigenvalue weighted by Gasteiger charge is -2.59. The Bertz CT molecular complexity index is 568. The summed E-state index contributed by atoms with van der Waals surface area (Å²) in [5.41, 5.74) is 0.923. The first-order chi connectivity index (χ1) is 11.0. The van der Waals surface area contributed by atoms with Crippen LogP contribution in [0.4, 0.5) is 0 Å². The van der Waals surface area contributed by atoms with E-state index in [1.165, 1.54) is 44.9 Å². The number of hydrogen-bond acceptors (Lipinski definition) is 2. The molecule has 2 heteroatoms. The third-order valence-electron chi connectivity index (χ3n) is 9.27. The number of aliphatic imine (C=N–C) groups is 1. The van der Waals surface area contributed by atoms with E-state index in [0.717, 1.165) is 36.5 Å². The molecule has 1 spiro atoms. The maximum atomic E-state index is 12.0. The fourth-order valence-electron chi connectivity index (χ4n) is 8.12. The fraction of sp³-hybridized carbons (Fsp3) is 0.905. The summed E-state index contributed by atoms with van der Waals surface area (Å²) >= 11 is 0. The quantitative estimate of drug-likeness (QED) is 0.639. The van der Waals surface area contributed by atoms with Crippen LogP contribution in [0.15, 0.2) is 4.99 Å². The zero-order chi connectivity index (χ0) is 15.8. The minimum atomic E-state index is 0.456. The van der Waals surface area contributed by atoms with Crippen molar-refractivity contribution >= 4 is 12.0 Å². The van der Waals surface area contributed by atoms with Gasteiger partial charge in [0.15, 0.2) is 0 Å². The van der Waals surface area contributed by atoms with E-state index in [-0.39, 0.29) is 0 Å². The summed E-state index contributed by atoms with van der Waals surface area (Å²) in [6.07, 6.45) is 13.7. The van der Waals surface area contributed by atoms with Gasteiger partial charge in [-0.05, 0) is 86.9 Å². The number of hydrogen-bond donors (Lipinski definition) is 0. The summed E-state index contributed by atoms with van der Waals surface area (Å²) in [5.74, 6) is 4.76. The number of carbonyl (C=O) groups is 1. The third kappa shape index (κ3) is 1.76. The second-order valence-corrected chi connectivity index (χ2v) is 9.75. The van der Waals surface area contributed by atoms with Crippen molar-refractivity contribution in [3.8, 4) is 0 Å². The van der Waals surface area contributed by atoms with Crippen LogP contribution in [0.1, 0.15) is 71.6 Å². The molecule has 0 bridgehead atoms. The highest BCUT2D eigenvalue weighted by Crippen LogP contribution is 2.68. The average Bonchev–Trinajstić information content (AvgIpc) is 3.06. The van der Waals surface area contributed by atoms with Gasteiger partial charge in [-0.15, -0.1) is 0 Å². The van der Waals surface area contributed by atoms with Crippen LogP contribution in [0.3, 0.4) is 0 Å². The zero-order valence-electron chi connectivity index (χ0n) is 14.8. The first-order valence-corrected chi connectivity index (χ1v) is 10.1. The number of fused-ring (bicyclic) bond motifs is 4. The van der Waals surface area contributed by atoms with Crippen LogP contribution in [0, 0.1) is 40.4 Å². The van der Waals surface area contributed by atoms with E-state index in [2.05, 4.69) is 20.1 Å². The molecule has 0 aromatic heterocycles. The molecule has 1 aliphatic heterocycles. The molecule has 4 fully saturated rings. The molecule has 0 unspecified atom stereocenters. The van der Waals surface area contributed by atoms with Gasteiger partial charge in [-0.25, -0.2) is 0 Å². The molecule has 0 saturated heterocycles. The molecular weight excluding hydrogens is 282 g/mol. The van der Waals surface area contributed by atoms with Gasteiger partial charge in [0.1, 0.15) is 5.78 Å². The lowest BCUT2D eigenvalue weighted by Crippen LogP contribution is -2.54. The molecule has 126 valence electrons. The molecule has 0 aromatic rings. The maximum absolute atomic E-state index is 12.0. The highest BCUT2D eigenvalue weighted by atomic mass is 16.1. The van der Waals surface area contributed by atoms with Crippen molar-refractivity contribution in [2.75, 3.05) is 0 Å².